The summed E-state index contributed by atoms with van der Waals surface area (Å²) in [7, 11) is 0. The van der Waals surface area contributed by atoms with Gasteiger partial charge < -0.3 is 10.4 Å². The first-order valence-corrected chi connectivity index (χ1v) is 6.17. The van der Waals surface area contributed by atoms with Crippen LogP contribution in [-0.2, 0) is 0 Å². The van der Waals surface area contributed by atoms with Gasteiger partial charge in [0.1, 0.15) is 0 Å². The third-order valence-electron chi connectivity index (χ3n) is 2.21. The van der Waals surface area contributed by atoms with Crippen molar-refractivity contribution in [1.29, 1.82) is 0 Å². The first-order valence-electron chi connectivity index (χ1n) is 5.10. The summed E-state index contributed by atoms with van der Waals surface area (Å²) >= 11 is 2.29. The summed E-state index contributed by atoms with van der Waals surface area (Å²) in [5, 5.41) is 12.9. The predicted octanol–water partition coefficient (Wildman–Crippen LogP) is 2.71. The zero-order chi connectivity index (χ0) is 11.5. The Morgan fingerprint density at radius 2 is 1.87 bits per heavy atom. The van der Waals surface area contributed by atoms with Crippen molar-refractivity contribution in [1.82, 2.24) is 5.32 Å². The number of rotatable bonds is 4. The molecule has 0 aliphatic rings. The van der Waals surface area contributed by atoms with Gasteiger partial charge in [-0.25, -0.2) is 0 Å². The van der Waals surface area contributed by atoms with E-state index < -0.39 is 5.60 Å². The standard InChI is InChI=1S/C12H18INO/c1-9(14-8-12(2,3)15)10-4-6-11(13)7-5-10/h4-7,9,14-15H,8H2,1-3H3/t9-/m0/s1. The van der Waals surface area contributed by atoms with Crippen LogP contribution in [0.4, 0.5) is 0 Å². The lowest BCUT2D eigenvalue weighted by atomic mass is 10.1. The maximum Gasteiger partial charge on any atom is 0.0715 e. The van der Waals surface area contributed by atoms with E-state index in [0.29, 0.717) is 6.54 Å². The zero-order valence-corrected chi connectivity index (χ0v) is 11.6. The van der Waals surface area contributed by atoms with Gasteiger partial charge in [-0.05, 0) is 61.1 Å². The molecule has 2 N–H and O–H groups in total. The molecular weight excluding hydrogens is 301 g/mol. The molecule has 0 fully saturated rings. The Bertz CT molecular complexity index is 302. The maximum atomic E-state index is 9.59. The van der Waals surface area contributed by atoms with Crippen LogP contribution in [0.15, 0.2) is 24.3 Å². The largest absolute Gasteiger partial charge is 0.389 e. The number of nitrogens with one attached hydrogen (secondary N) is 1. The van der Waals surface area contributed by atoms with Crippen molar-refractivity contribution in [2.45, 2.75) is 32.4 Å². The minimum absolute atomic E-state index is 0.272. The highest BCUT2D eigenvalue weighted by atomic mass is 127. The lowest BCUT2D eigenvalue weighted by Crippen LogP contribution is -2.36. The van der Waals surface area contributed by atoms with Crippen LogP contribution in [0.3, 0.4) is 0 Å². The van der Waals surface area contributed by atoms with Gasteiger partial charge in [-0.1, -0.05) is 12.1 Å². The van der Waals surface area contributed by atoms with E-state index in [1.807, 2.05) is 0 Å². The second-order valence-corrected chi connectivity index (χ2v) is 5.71. The fourth-order valence-corrected chi connectivity index (χ4v) is 1.63. The van der Waals surface area contributed by atoms with Crippen molar-refractivity contribution < 1.29 is 5.11 Å². The Morgan fingerprint density at radius 3 is 2.33 bits per heavy atom. The molecule has 1 rings (SSSR count). The molecule has 1 aromatic rings. The smallest absolute Gasteiger partial charge is 0.0715 e. The van der Waals surface area contributed by atoms with Gasteiger partial charge in [-0.15, -0.1) is 0 Å². The van der Waals surface area contributed by atoms with E-state index in [2.05, 4.69) is 59.1 Å². The fourth-order valence-electron chi connectivity index (χ4n) is 1.27. The zero-order valence-electron chi connectivity index (χ0n) is 9.42. The monoisotopic (exact) mass is 319 g/mol. The van der Waals surface area contributed by atoms with Gasteiger partial charge in [0.25, 0.3) is 0 Å². The Balaban J connectivity index is 2.54. The van der Waals surface area contributed by atoms with E-state index in [9.17, 15) is 5.11 Å². The van der Waals surface area contributed by atoms with E-state index in [0.717, 1.165) is 0 Å². The molecule has 0 unspecified atom stereocenters. The predicted molar refractivity (Wildman–Crippen MR) is 71.9 cm³/mol. The molecule has 15 heavy (non-hydrogen) atoms. The van der Waals surface area contributed by atoms with E-state index in [4.69, 9.17) is 0 Å². The molecule has 84 valence electrons. The van der Waals surface area contributed by atoms with Gasteiger partial charge in [0.05, 0.1) is 5.60 Å². The summed E-state index contributed by atoms with van der Waals surface area (Å²) < 4.78 is 1.24. The highest BCUT2D eigenvalue weighted by molar-refractivity contribution is 14.1. The number of hydrogen-bond acceptors (Lipinski definition) is 2. The maximum absolute atomic E-state index is 9.59. The topological polar surface area (TPSA) is 32.3 Å². The van der Waals surface area contributed by atoms with Gasteiger partial charge in [-0.2, -0.15) is 0 Å². The Labute approximate surface area is 105 Å². The van der Waals surface area contributed by atoms with Crippen LogP contribution in [0.5, 0.6) is 0 Å². The second-order valence-electron chi connectivity index (χ2n) is 4.47. The summed E-state index contributed by atoms with van der Waals surface area (Å²) in [4.78, 5) is 0. The van der Waals surface area contributed by atoms with Crippen molar-refractivity contribution in [3.8, 4) is 0 Å². The molecule has 1 aromatic carbocycles. The van der Waals surface area contributed by atoms with E-state index in [1.165, 1.54) is 9.13 Å². The SMILES string of the molecule is C[C@H](NCC(C)(C)O)c1ccc(I)cc1. The minimum Gasteiger partial charge on any atom is -0.389 e. The fraction of sp³-hybridized carbons (Fsp3) is 0.500. The summed E-state index contributed by atoms with van der Waals surface area (Å²) in [6.45, 7) is 6.31. The number of halogens is 1. The summed E-state index contributed by atoms with van der Waals surface area (Å²) in [5.74, 6) is 0. The summed E-state index contributed by atoms with van der Waals surface area (Å²) in [5.41, 5.74) is 0.594. The molecule has 0 amide bonds. The first-order chi connectivity index (χ1) is 6.88. The molecule has 0 spiro atoms. The molecule has 1 atom stereocenters. The van der Waals surface area contributed by atoms with Gasteiger partial charge in [0.15, 0.2) is 0 Å². The quantitative estimate of drug-likeness (QED) is 0.837. The summed E-state index contributed by atoms with van der Waals surface area (Å²) in [6.07, 6.45) is 0. The van der Waals surface area contributed by atoms with Crippen molar-refractivity contribution in [3.05, 3.63) is 33.4 Å². The average molecular weight is 319 g/mol. The van der Waals surface area contributed by atoms with Crippen LogP contribution < -0.4 is 5.32 Å². The number of hydrogen-bond donors (Lipinski definition) is 2. The van der Waals surface area contributed by atoms with Crippen LogP contribution in [0.2, 0.25) is 0 Å². The second kappa shape index (κ2) is 5.27. The minimum atomic E-state index is -0.655. The van der Waals surface area contributed by atoms with Gasteiger partial charge in [0.2, 0.25) is 0 Å². The molecule has 2 nitrogen and oxygen atoms in total. The van der Waals surface area contributed by atoms with Crippen LogP contribution in [-0.4, -0.2) is 17.3 Å². The Kier molecular flexibility index (Phi) is 4.55. The van der Waals surface area contributed by atoms with E-state index in [-0.39, 0.29) is 6.04 Å². The molecular formula is C12H18INO. The highest BCUT2D eigenvalue weighted by Gasteiger charge is 2.14. The molecule has 0 heterocycles. The molecule has 0 bridgehead atoms. The van der Waals surface area contributed by atoms with Crippen molar-refractivity contribution in [2.24, 2.45) is 0 Å². The van der Waals surface area contributed by atoms with Gasteiger partial charge >= 0.3 is 0 Å². The van der Waals surface area contributed by atoms with E-state index >= 15 is 0 Å². The number of benzene rings is 1. The van der Waals surface area contributed by atoms with Crippen molar-refractivity contribution >= 4 is 22.6 Å². The van der Waals surface area contributed by atoms with Gasteiger partial charge in [-0.3, -0.25) is 0 Å². The van der Waals surface area contributed by atoms with Gasteiger partial charge in [0, 0.05) is 16.2 Å². The molecule has 0 radical (unpaired) electrons. The lowest BCUT2D eigenvalue weighted by Gasteiger charge is -2.22. The molecule has 0 aromatic heterocycles. The first kappa shape index (κ1) is 12.9. The normalized spacial score (nSPS) is 13.9. The van der Waals surface area contributed by atoms with Crippen LogP contribution in [0, 0.1) is 3.57 Å². The number of aliphatic hydroxyl groups is 1. The third-order valence-corrected chi connectivity index (χ3v) is 2.93. The van der Waals surface area contributed by atoms with E-state index in [1.54, 1.807) is 13.8 Å². The molecule has 3 heteroatoms. The third kappa shape index (κ3) is 4.95. The van der Waals surface area contributed by atoms with Crippen LogP contribution in [0.1, 0.15) is 32.4 Å². The Hall–Kier alpha value is -0.130. The van der Waals surface area contributed by atoms with Crippen LogP contribution in [0.25, 0.3) is 0 Å². The summed E-state index contributed by atoms with van der Waals surface area (Å²) in [6, 6.07) is 8.69. The Morgan fingerprint density at radius 1 is 1.33 bits per heavy atom. The molecule has 0 aliphatic heterocycles. The lowest BCUT2D eigenvalue weighted by molar-refractivity contribution is 0.0770. The highest BCUT2D eigenvalue weighted by Crippen LogP contribution is 2.15. The molecule has 0 aliphatic carbocycles. The van der Waals surface area contributed by atoms with Crippen LogP contribution >= 0.6 is 22.6 Å². The van der Waals surface area contributed by atoms with Crippen molar-refractivity contribution in [2.75, 3.05) is 6.54 Å². The average Bonchev–Trinajstić information content (AvgIpc) is 2.14. The molecule has 0 saturated carbocycles. The van der Waals surface area contributed by atoms with Crippen molar-refractivity contribution in [3.63, 3.8) is 0 Å². The molecule has 0 saturated heterocycles.